The summed E-state index contributed by atoms with van der Waals surface area (Å²) < 4.78 is 0.279. The van der Waals surface area contributed by atoms with E-state index in [-0.39, 0.29) is 16.1 Å². The van der Waals surface area contributed by atoms with Gasteiger partial charge in [0.1, 0.15) is 10.4 Å². The minimum absolute atomic E-state index is 0.231. The third-order valence-corrected chi connectivity index (χ3v) is 4.32. The Morgan fingerprint density at radius 2 is 2.05 bits per heavy atom. The molecule has 1 amide bonds. The van der Waals surface area contributed by atoms with Crippen LogP contribution in [0.4, 0.5) is 0 Å². The Bertz CT molecular complexity index is 614. The summed E-state index contributed by atoms with van der Waals surface area (Å²) >= 11 is 6.30. The maximum atomic E-state index is 12.4. The van der Waals surface area contributed by atoms with E-state index in [1.165, 1.54) is 4.90 Å². The van der Waals surface area contributed by atoms with Gasteiger partial charge in [0.05, 0.1) is 4.91 Å². The molecule has 2 heterocycles. The van der Waals surface area contributed by atoms with Gasteiger partial charge in [0.2, 0.25) is 0 Å². The lowest BCUT2D eigenvalue weighted by Gasteiger charge is -2.26. The van der Waals surface area contributed by atoms with Gasteiger partial charge >= 0.3 is 5.97 Å². The molecule has 1 atom stereocenters. The van der Waals surface area contributed by atoms with Gasteiger partial charge in [-0.1, -0.05) is 37.8 Å². The predicted octanol–water partition coefficient (Wildman–Crippen LogP) is 2.39. The van der Waals surface area contributed by atoms with Gasteiger partial charge in [0.25, 0.3) is 5.91 Å². The maximum Gasteiger partial charge on any atom is 0.327 e. The van der Waals surface area contributed by atoms with Crippen molar-refractivity contribution in [1.29, 1.82) is 0 Å². The van der Waals surface area contributed by atoms with Gasteiger partial charge in [-0.05, 0) is 29.7 Å². The number of carboxylic acids is 1. The number of hydrogen-bond acceptors (Lipinski definition) is 5. The van der Waals surface area contributed by atoms with Crippen molar-refractivity contribution < 1.29 is 14.7 Å². The summed E-state index contributed by atoms with van der Waals surface area (Å²) in [6, 6.07) is 2.59. The van der Waals surface area contributed by atoms with Crippen LogP contribution in [-0.4, -0.2) is 37.2 Å². The number of aliphatic carboxylic acids is 1. The zero-order valence-corrected chi connectivity index (χ0v) is 13.1. The van der Waals surface area contributed by atoms with Gasteiger partial charge in [-0.25, -0.2) is 4.79 Å². The fourth-order valence-electron chi connectivity index (χ4n) is 2.02. The summed E-state index contributed by atoms with van der Waals surface area (Å²) in [7, 11) is 0. The monoisotopic (exact) mass is 322 g/mol. The number of hydrogen-bond donors (Lipinski definition) is 1. The van der Waals surface area contributed by atoms with Crippen LogP contribution < -0.4 is 0 Å². The van der Waals surface area contributed by atoms with Crippen LogP contribution in [0.25, 0.3) is 6.08 Å². The third-order valence-electron chi connectivity index (χ3n) is 2.99. The van der Waals surface area contributed by atoms with Gasteiger partial charge in [-0.2, -0.15) is 0 Å². The highest BCUT2D eigenvalue weighted by Crippen LogP contribution is 2.35. The van der Waals surface area contributed by atoms with Crippen molar-refractivity contribution in [3.63, 3.8) is 0 Å². The SMILES string of the molecule is CC(C)[C@@H](C(=O)O)N1C(=O)/C(=C/c2ccncc2)SC1=S. The van der Waals surface area contributed by atoms with Crippen molar-refractivity contribution in [2.24, 2.45) is 5.92 Å². The van der Waals surface area contributed by atoms with E-state index < -0.39 is 12.0 Å². The quantitative estimate of drug-likeness (QED) is 0.678. The molecule has 1 saturated heterocycles. The summed E-state index contributed by atoms with van der Waals surface area (Å²) in [5, 5.41) is 9.33. The first-order valence-electron chi connectivity index (χ1n) is 6.31. The first kappa shape index (κ1) is 15.7. The third kappa shape index (κ3) is 3.30. The van der Waals surface area contributed by atoms with Crippen molar-refractivity contribution in [1.82, 2.24) is 9.88 Å². The van der Waals surface area contributed by atoms with E-state index >= 15 is 0 Å². The van der Waals surface area contributed by atoms with Crippen LogP contribution in [0.1, 0.15) is 19.4 Å². The molecular formula is C14H14N2O3S2. The van der Waals surface area contributed by atoms with Crippen molar-refractivity contribution in [2.75, 3.05) is 0 Å². The lowest BCUT2D eigenvalue weighted by Crippen LogP contribution is -2.47. The van der Waals surface area contributed by atoms with Crippen LogP contribution in [0.3, 0.4) is 0 Å². The van der Waals surface area contributed by atoms with Gasteiger partial charge in [0.15, 0.2) is 0 Å². The van der Waals surface area contributed by atoms with Crippen LogP contribution in [-0.2, 0) is 9.59 Å². The minimum atomic E-state index is -1.05. The smallest absolute Gasteiger partial charge is 0.327 e. The van der Waals surface area contributed by atoms with E-state index in [1.54, 1.807) is 44.4 Å². The van der Waals surface area contributed by atoms with Gasteiger partial charge in [-0.3, -0.25) is 14.7 Å². The number of amides is 1. The fraction of sp³-hybridized carbons (Fsp3) is 0.286. The molecule has 0 unspecified atom stereocenters. The van der Waals surface area contributed by atoms with Crippen LogP contribution >= 0.6 is 24.0 Å². The Morgan fingerprint density at radius 1 is 1.43 bits per heavy atom. The van der Waals surface area contributed by atoms with Gasteiger partial charge < -0.3 is 5.11 Å². The topological polar surface area (TPSA) is 70.5 Å². The van der Waals surface area contributed by atoms with E-state index in [0.717, 1.165) is 17.3 Å². The highest BCUT2D eigenvalue weighted by atomic mass is 32.2. The average molecular weight is 322 g/mol. The highest BCUT2D eigenvalue weighted by molar-refractivity contribution is 8.26. The number of pyridine rings is 1. The molecular weight excluding hydrogens is 308 g/mol. The Morgan fingerprint density at radius 3 is 2.57 bits per heavy atom. The molecule has 1 aromatic heterocycles. The zero-order valence-electron chi connectivity index (χ0n) is 11.5. The molecule has 0 spiro atoms. The fourth-order valence-corrected chi connectivity index (χ4v) is 3.35. The second kappa shape index (κ2) is 6.36. The summed E-state index contributed by atoms with van der Waals surface area (Å²) in [4.78, 5) is 29.4. The molecule has 5 nitrogen and oxygen atoms in total. The molecule has 0 saturated carbocycles. The zero-order chi connectivity index (χ0) is 15.6. The van der Waals surface area contributed by atoms with E-state index in [2.05, 4.69) is 4.98 Å². The Kier molecular flexibility index (Phi) is 4.74. The van der Waals surface area contributed by atoms with Crippen LogP contribution in [0.2, 0.25) is 0 Å². The molecule has 1 fully saturated rings. The van der Waals surface area contributed by atoms with Gasteiger partial charge in [-0.15, -0.1) is 0 Å². The van der Waals surface area contributed by atoms with E-state index in [9.17, 15) is 14.7 Å². The molecule has 2 rings (SSSR count). The van der Waals surface area contributed by atoms with Crippen LogP contribution in [0, 0.1) is 5.92 Å². The van der Waals surface area contributed by atoms with Crippen molar-refractivity contribution in [2.45, 2.75) is 19.9 Å². The molecule has 0 radical (unpaired) electrons. The molecule has 1 aliphatic rings. The molecule has 0 aromatic carbocycles. The summed E-state index contributed by atoms with van der Waals surface area (Å²) in [6.45, 7) is 3.51. The van der Waals surface area contributed by atoms with Crippen molar-refractivity contribution >= 4 is 46.3 Å². The number of thioether (sulfide) groups is 1. The van der Waals surface area contributed by atoms with Crippen LogP contribution in [0.5, 0.6) is 0 Å². The molecule has 0 bridgehead atoms. The minimum Gasteiger partial charge on any atom is -0.480 e. The van der Waals surface area contributed by atoms with Crippen molar-refractivity contribution in [3.05, 3.63) is 35.0 Å². The molecule has 0 aliphatic carbocycles. The van der Waals surface area contributed by atoms with E-state index in [1.807, 2.05) is 0 Å². The van der Waals surface area contributed by atoms with Gasteiger partial charge in [0, 0.05) is 12.4 Å². The molecule has 1 aromatic rings. The number of carbonyl (C=O) groups excluding carboxylic acids is 1. The average Bonchev–Trinajstić information content (AvgIpc) is 2.67. The largest absolute Gasteiger partial charge is 0.480 e. The van der Waals surface area contributed by atoms with Crippen molar-refractivity contribution in [3.8, 4) is 0 Å². The Hall–Kier alpha value is -1.73. The molecule has 21 heavy (non-hydrogen) atoms. The normalized spacial score (nSPS) is 18.6. The standard InChI is InChI=1S/C14H14N2O3S2/c1-8(2)11(13(18)19)16-12(17)10(21-14(16)20)7-9-3-5-15-6-4-9/h3-8,11H,1-2H3,(H,18,19)/b10-7-/t11-/m0/s1. The summed E-state index contributed by atoms with van der Waals surface area (Å²) in [6.07, 6.45) is 4.95. The molecule has 7 heteroatoms. The molecule has 110 valence electrons. The number of aromatic nitrogens is 1. The van der Waals surface area contributed by atoms with E-state index in [4.69, 9.17) is 12.2 Å². The second-order valence-corrected chi connectivity index (χ2v) is 6.54. The lowest BCUT2D eigenvalue weighted by molar-refractivity contribution is -0.146. The Balaban J connectivity index is 2.32. The highest BCUT2D eigenvalue weighted by Gasteiger charge is 2.41. The number of nitrogens with zero attached hydrogens (tertiary/aromatic N) is 2. The maximum absolute atomic E-state index is 12.4. The lowest BCUT2D eigenvalue weighted by atomic mass is 10.0. The molecule has 1 N–H and O–H groups in total. The first-order chi connectivity index (χ1) is 9.91. The Labute approximate surface area is 132 Å². The number of carboxylic acid groups (broad SMARTS) is 1. The summed E-state index contributed by atoms with van der Waals surface area (Å²) in [5.41, 5.74) is 0.821. The van der Waals surface area contributed by atoms with E-state index in [0.29, 0.717) is 4.91 Å². The number of rotatable bonds is 4. The predicted molar refractivity (Wildman–Crippen MR) is 85.5 cm³/mol. The number of carbonyl (C=O) groups is 2. The van der Waals surface area contributed by atoms with Crippen LogP contribution in [0.15, 0.2) is 29.4 Å². The second-order valence-electron chi connectivity index (χ2n) is 4.86. The number of thiocarbonyl (C=S) groups is 1. The molecule has 1 aliphatic heterocycles. The summed E-state index contributed by atoms with van der Waals surface area (Å²) in [5.74, 6) is -1.64. The first-order valence-corrected chi connectivity index (χ1v) is 7.54.